The lowest BCUT2D eigenvalue weighted by Gasteiger charge is -2.35. The topological polar surface area (TPSA) is 53.4 Å². The van der Waals surface area contributed by atoms with Gasteiger partial charge < -0.3 is 10.0 Å². The van der Waals surface area contributed by atoms with Gasteiger partial charge in [-0.15, -0.1) is 0 Å². The summed E-state index contributed by atoms with van der Waals surface area (Å²) in [6.45, 7) is 5.51. The molecule has 0 aliphatic carbocycles. The van der Waals surface area contributed by atoms with Gasteiger partial charge in [-0.3, -0.25) is 0 Å². The quantitative estimate of drug-likeness (QED) is 0.711. The van der Waals surface area contributed by atoms with Crippen LogP contribution in [0.4, 0.5) is 5.69 Å². The smallest absolute Gasteiger partial charge is 0.354 e. The number of pyridine rings is 1. The van der Waals surface area contributed by atoms with E-state index in [1.165, 1.54) is 11.6 Å². The minimum Gasteiger partial charge on any atom is -0.477 e. The molecule has 0 unspecified atom stereocenters. The maximum atomic E-state index is 10.5. The third-order valence-electron chi connectivity index (χ3n) is 2.16. The molecular weight excluding hydrogens is 180 g/mol. The molecule has 1 aliphatic heterocycles. The first-order chi connectivity index (χ1) is 6.66. The van der Waals surface area contributed by atoms with E-state index in [1.54, 1.807) is 12.3 Å². The van der Waals surface area contributed by atoms with Crippen LogP contribution in [0.2, 0.25) is 0 Å². The van der Waals surface area contributed by atoms with E-state index in [-0.39, 0.29) is 5.69 Å². The number of carboxylic acid groups (broad SMARTS) is 1. The minimum absolute atomic E-state index is 0.0769. The number of anilines is 1. The summed E-state index contributed by atoms with van der Waals surface area (Å²) in [4.78, 5) is 16.4. The monoisotopic (exact) mass is 190 g/mol. The summed E-state index contributed by atoms with van der Waals surface area (Å²) < 4.78 is 0. The van der Waals surface area contributed by atoms with Gasteiger partial charge in [-0.25, -0.2) is 9.78 Å². The first-order valence-corrected chi connectivity index (χ1v) is 4.28. The molecule has 0 atom stereocenters. The predicted molar refractivity (Wildman–Crippen MR) is 52.5 cm³/mol. The minimum atomic E-state index is -0.996. The molecule has 4 nitrogen and oxygen atoms in total. The van der Waals surface area contributed by atoms with Crippen molar-refractivity contribution in [1.29, 1.82) is 0 Å². The number of aromatic carboxylic acids is 1. The Morgan fingerprint density at radius 2 is 2.21 bits per heavy atom. The van der Waals surface area contributed by atoms with Crippen LogP contribution < -0.4 is 4.90 Å². The van der Waals surface area contributed by atoms with E-state index >= 15 is 0 Å². The molecule has 1 fully saturated rings. The van der Waals surface area contributed by atoms with Gasteiger partial charge in [0.2, 0.25) is 0 Å². The number of carbonyl (C=O) groups is 1. The summed E-state index contributed by atoms with van der Waals surface area (Å²) in [5.41, 5.74) is 2.21. The highest BCUT2D eigenvalue weighted by Crippen LogP contribution is 2.21. The molecule has 2 heterocycles. The van der Waals surface area contributed by atoms with Gasteiger partial charge in [0.15, 0.2) is 0 Å². The highest BCUT2D eigenvalue weighted by atomic mass is 16.4. The Balaban J connectivity index is 2.14. The molecule has 1 aromatic heterocycles. The van der Waals surface area contributed by atoms with Crippen LogP contribution in [-0.2, 0) is 0 Å². The predicted octanol–water partition coefficient (Wildman–Crippen LogP) is 1.16. The van der Waals surface area contributed by atoms with E-state index in [1.807, 2.05) is 0 Å². The summed E-state index contributed by atoms with van der Waals surface area (Å²) >= 11 is 0. The van der Waals surface area contributed by atoms with Crippen molar-refractivity contribution >= 4 is 11.7 Å². The van der Waals surface area contributed by atoms with Crippen LogP contribution in [0.5, 0.6) is 0 Å². The third-order valence-corrected chi connectivity index (χ3v) is 2.16. The zero-order valence-corrected chi connectivity index (χ0v) is 7.60. The van der Waals surface area contributed by atoms with Gasteiger partial charge in [0.1, 0.15) is 5.69 Å². The lowest BCUT2D eigenvalue weighted by Crippen LogP contribution is -2.39. The molecule has 1 N–H and O–H groups in total. The fourth-order valence-electron chi connectivity index (χ4n) is 1.38. The first-order valence-electron chi connectivity index (χ1n) is 4.28. The molecule has 4 heteroatoms. The Morgan fingerprint density at radius 3 is 2.64 bits per heavy atom. The highest BCUT2D eigenvalue weighted by molar-refractivity contribution is 5.85. The van der Waals surface area contributed by atoms with Crippen LogP contribution in [-0.4, -0.2) is 29.1 Å². The van der Waals surface area contributed by atoms with Gasteiger partial charge in [0.05, 0.1) is 11.9 Å². The maximum Gasteiger partial charge on any atom is 0.354 e. The summed E-state index contributed by atoms with van der Waals surface area (Å²) in [7, 11) is 0. The van der Waals surface area contributed by atoms with Crippen LogP contribution in [0.15, 0.2) is 30.5 Å². The Bertz CT molecular complexity index is 376. The fraction of sp³-hybridized carbons (Fsp3) is 0.200. The molecule has 72 valence electrons. The van der Waals surface area contributed by atoms with Gasteiger partial charge >= 0.3 is 5.97 Å². The molecule has 2 rings (SSSR count). The van der Waals surface area contributed by atoms with Crippen LogP contribution in [0, 0.1) is 0 Å². The molecule has 1 aromatic rings. The molecule has 0 amide bonds. The Kier molecular flexibility index (Phi) is 1.96. The van der Waals surface area contributed by atoms with Crippen molar-refractivity contribution < 1.29 is 9.90 Å². The van der Waals surface area contributed by atoms with E-state index < -0.39 is 5.97 Å². The number of aromatic nitrogens is 1. The van der Waals surface area contributed by atoms with Crippen molar-refractivity contribution in [1.82, 2.24) is 4.98 Å². The molecule has 0 spiro atoms. The molecule has 14 heavy (non-hydrogen) atoms. The Labute approximate surface area is 81.5 Å². The lowest BCUT2D eigenvalue weighted by molar-refractivity contribution is 0.0690. The standard InChI is InChI=1S/C10H10N2O2/c1-7-5-12(6-7)8-2-3-9(10(13)14)11-4-8/h2-4H,1,5-6H2,(H,13,14). The Hall–Kier alpha value is -1.84. The van der Waals surface area contributed by atoms with E-state index in [0.29, 0.717) is 0 Å². The van der Waals surface area contributed by atoms with E-state index in [4.69, 9.17) is 5.11 Å². The zero-order valence-electron chi connectivity index (χ0n) is 7.60. The van der Waals surface area contributed by atoms with Gasteiger partial charge in [0.25, 0.3) is 0 Å². The average Bonchev–Trinajstić information content (AvgIpc) is 2.13. The molecule has 1 saturated heterocycles. The highest BCUT2D eigenvalue weighted by Gasteiger charge is 2.18. The van der Waals surface area contributed by atoms with Gasteiger partial charge in [-0.2, -0.15) is 0 Å². The second-order valence-electron chi connectivity index (χ2n) is 3.31. The second-order valence-corrected chi connectivity index (χ2v) is 3.31. The van der Waals surface area contributed by atoms with Crippen LogP contribution >= 0.6 is 0 Å². The van der Waals surface area contributed by atoms with Gasteiger partial charge in [0, 0.05) is 13.1 Å². The second kappa shape index (κ2) is 3.14. The van der Waals surface area contributed by atoms with Crippen molar-refractivity contribution in [3.05, 3.63) is 36.2 Å². The SMILES string of the molecule is C=C1CN(c2ccc(C(=O)O)nc2)C1. The summed E-state index contributed by atoms with van der Waals surface area (Å²) in [6, 6.07) is 3.28. The summed E-state index contributed by atoms with van der Waals surface area (Å²) in [6.07, 6.45) is 1.58. The van der Waals surface area contributed by atoms with E-state index in [2.05, 4.69) is 16.5 Å². The lowest BCUT2D eigenvalue weighted by atomic mass is 10.1. The summed E-state index contributed by atoms with van der Waals surface area (Å²) in [5.74, 6) is -0.996. The molecule has 1 aliphatic rings. The molecular formula is C10H10N2O2. The van der Waals surface area contributed by atoms with E-state index in [0.717, 1.165) is 18.8 Å². The third kappa shape index (κ3) is 1.46. The maximum absolute atomic E-state index is 10.5. The van der Waals surface area contributed by atoms with Crippen molar-refractivity contribution in [2.75, 3.05) is 18.0 Å². The normalized spacial score (nSPS) is 15.1. The average molecular weight is 190 g/mol. The number of nitrogens with zero attached hydrogens (tertiary/aromatic N) is 2. The van der Waals surface area contributed by atoms with Gasteiger partial charge in [-0.1, -0.05) is 6.58 Å². The molecule has 0 radical (unpaired) electrons. The van der Waals surface area contributed by atoms with Crippen molar-refractivity contribution in [2.24, 2.45) is 0 Å². The number of hydrogen-bond acceptors (Lipinski definition) is 3. The molecule has 0 aromatic carbocycles. The van der Waals surface area contributed by atoms with Crippen molar-refractivity contribution in [2.45, 2.75) is 0 Å². The zero-order chi connectivity index (χ0) is 10.1. The fourth-order valence-corrected chi connectivity index (χ4v) is 1.38. The van der Waals surface area contributed by atoms with Crippen molar-refractivity contribution in [3.63, 3.8) is 0 Å². The van der Waals surface area contributed by atoms with Crippen LogP contribution in [0.25, 0.3) is 0 Å². The first kappa shape index (κ1) is 8.74. The largest absolute Gasteiger partial charge is 0.477 e. The number of hydrogen-bond donors (Lipinski definition) is 1. The molecule has 0 bridgehead atoms. The number of rotatable bonds is 2. The van der Waals surface area contributed by atoms with Crippen LogP contribution in [0.3, 0.4) is 0 Å². The summed E-state index contributed by atoms with van der Waals surface area (Å²) in [5, 5.41) is 8.64. The van der Waals surface area contributed by atoms with Crippen LogP contribution in [0.1, 0.15) is 10.5 Å². The molecule has 0 saturated carbocycles. The Morgan fingerprint density at radius 1 is 1.50 bits per heavy atom. The number of carboxylic acids is 1. The van der Waals surface area contributed by atoms with Gasteiger partial charge in [-0.05, 0) is 17.7 Å². The van der Waals surface area contributed by atoms with E-state index in [9.17, 15) is 4.79 Å². The van der Waals surface area contributed by atoms with Crippen molar-refractivity contribution in [3.8, 4) is 0 Å².